The van der Waals surface area contributed by atoms with Gasteiger partial charge in [0.05, 0.1) is 18.1 Å². The summed E-state index contributed by atoms with van der Waals surface area (Å²) in [5.41, 5.74) is 3.19. The highest BCUT2D eigenvalue weighted by molar-refractivity contribution is 5.89. The molecule has 3 rings (SSSR count). The van der Waals surface area contributed by atoms with E-state index in [0.29, 0.717) is 25.0 Å². The Balaban J connectivity index is 1.70. The summed E-state index contributed by atoms with van der Waals surface area (Å²) in [6.07, 6.45) is 4.08. The van der Waals surface area contributed by atoms with E-state index >= 15 is 0 Å². The van der Waals surface area contributed by atoms with E-state index in [1.165, 1.54) is 11.3 Å². The van der Waals surface area contributed by atoms with Crippen molar-refractivity contribution >= 4 is 11.9 Å². The molecular weight excluding hydrogens is 342 g/mol. The minimum Gasteiger partial charge on any atom is -0.466 e. The number of benzene rings is 1. The van der Waals surface area contributed by atoms with Crippen LogP contribution in [0.4, 0.5) is 0 Å². The topological polar surface area (TPSA) is 55.8 Å². The Morgan fingerprint density at radius 3 is 2.63 bits per heavy atom. The van der Waals surface area contributed by atoms with Gasteiger partial charge in [-0.05, 0) is 50.3 Å². The molecular formula is C22H29NO4. The lowest BCUT2D eigenvalue weighted by Gasteiger charge is -2.41. The van der Waals surface area contributed by atoms with Crippen LogP contribution in [0.25, 0.3) is 0 Å². The van der Waals surface area contributed by atoms with Crippen LogP contribution in [0, 0.1) is 5.92 Å². The van der Waals surface area contributed by atoms with E-state index in [4.69, 9.17) is 9.47 Å². The normalized spacial score (nSPS) is 22.2. The van der Waals surface area contributed by atoms with Gasteiger partial charge in [0.1, 0.15) is 6.10 Å². The van der Waals surface area contributed by atoms with Crippen LogP contribution in [0.1, 0.15) is 56.3 Å². The molecule has 1 aromatic rings. The van der Waals surface area contributed by atoms with Crippen LogP contribution in [-0.4, -0.2) is 42.6 Å². The van der Waals surface area contributed by atoms with Crippen LogP contribution >= 0.6 is 0 Å². The van der Waals surface area contributed by atoms with E-state index in [1.807, 2.05) is 25.1 Å². The first kappa shape index (κ1) is 19.5. The van der Waals surface area contributed by atoms with Crippen molar-refractivity contribution in [2.75, 3.05) is 19.7 Å². The minimum absolute atomic E-state index is 0.117. The first-order chi connectivity index (χ1) is 13.1. The zero-order chi connectivity index (χ0) is 19.2. The van der Waals surface area contributed by atoms with Crippen LogP contribution in [0.2, 0.25) is 0 Å². The fraction of sp³-hybridized carbons (Fsp3) is 0.545. The smallest absolute Gasteiger partial charge is 0.338 e. The monoisotopic (exact) mass is 371 g/mol. The van der Waals surface area contributed by atoms with Crippen molar-refractivity contribution < 1.29 is 19.1 Å². The lowest BCUT2D eigenvalue weighted by Crippen LogP contribution is -2.41. The molecule has 27 heavy (non-hydrogen) atoms. The van der Waals surface area contributed by atoms with E-state index in [0.717, 1.165) is 32.4 Å². The van der Waals surface area contributed by atoms with Crippen LogP contribution < -0.4 is 0 Å². The number of carbonyl (C=O) groups excluding carboxylic acids is 2. The largest absolute Gasteiger partial charge is 0.466 e. The van der Waals surface area contributed by atoms with Crippen molar-refractivity contribution in [1.82, 2.24) is 4.90 Å². The van der Waals surface area contributed by atoms with E-state index in [2.05, 4.69) is 11.8 Å². The summed E-state index contributed by atoms with van der Waals surface area (Å²) >= 11 is 0. The van der Waals surface area contributed by atoms with Crippen molar-refractivity contribution in [3.63, 3.8) is 0 Å². The standard InChI is InChI=1S/C22H29NO4/c1-3-12-23-15-18(21(24)26-4-2)13-17-14-19(10-11-20(17)23)27-22(25)16-8-6-5-7-9-16/h5-9,18-19H,3-4,10-15H2,1-2H3. The molecule has 5 nitrogen and oxygen atoms in total. The summed E-state index contributed by atoms with van der Waals surface area (Å²) in [6.45, 7) is 6.09. The summed E-state index contributed by atoms with van der Waals surface area (Å²) in [7, 11) is 0. The number of hydrogen-bond donors (Lipinski definition) is 0. The Morgan fingerprint density at radius 1 is 1.15 bits per heavy atom. The highest BCUT2D eigenvalue weighted by Gasteiger charge is 2.35. The number of nitrogens with zero attached hydrogens (tertiary/aromatic N) is 1. The fourth-order valence-electron chi connectivity index (χ4n) is 4.10. The summed E-state index contributed by atoms with van der Waals surface area (Å²) in [5, 5.41) is 0. The second-order valence-electron chi connectivity index (χ2n) is 7.29. The van der Waals surface area contributed by atoms with Gasteiger partial charge in [-0.1, -0.05) is 25.1 Å². The molecule has 0 amide bonds. The van der Waals surface area contributed by atoms with Crippen molar-refractivity contribution in [2.24, 2.45) is 5.92 Å². The van der Waals surface area contributed by atoms with Crippen molar-refractivity contribution in [3.8, 4) is 0 Å². The second kappa shape index (κ2) is 9.07. The quantitative estimate of drug-likeness (QED) is 0.709. The van der Waals surface area contributed by atoms with Gasteiger partial charge in [-0.25, -0.2) is 4.79 Å². The number of ether oxygens (including phenoxy) is 2. The predicted molar refractivity (Wildman–Crippen MR) is 103 cm³/mol. The van der Waals surface area contributed by atoms with Gasteiger partial charge in [-0.2, -0.15) is 0 Å². The van der Waals surface area contributed by atoms with Crippen molar-refractivity contribution in [3.05, 3.63) is 47.2 Å². The van der Waals surface area contributed by atoms with E-state index < -0.39 is 0 Å². The van der Waals surface area contributed by atoms with Crippen molar-refractivity contribution in [2.45, 2.75) is 52.1 Å². The average molecular weight is 371 g/mol. The summed E-state index contributed by atoms with van der Waals surface area (Å²) in [4.78, 5) is 27.0. The Labute approximate surface area is 161 Å². The molecule has 1 aliphatic carbocycles. The molecule has 2 aliphatic rings. The third-order valence-electron chi connectivity index (χ3n) is 5.30. The molecule has 2 unspecified atom stereocenters. The molecule has 0 bridgehead atoms. The Morgan fingerprint density at radius 2 is 1.93 bits per heavy atom. The zero-order valence-electron chi connectivity index (χ0n) is 16.3. The summed E-state index contributed by atoms with van der Waals surface area (Å²) in [6, 6.07) is 9.11. The van der Waals surface area contributed by atoms with E-state index in [-0.39, 0.29) is 24.0 Å². The molecule has 0 spiro atoms. The molecule has 2 atom stereocenters. The fourth-order valence-corrected chi connectivity index (χ4v) is 4.10. The minimum atomic E-state index is -0.271. The molecule has 1 aromatic carbocycles. The van der Waals surface area contributed by atoms with Gasteiger partial charge in [0.15, 0.2) is 0 Å². The Bertz CT molecular complexity index is 698. The molecule has 1 aliphatic heterocycles. The Kier molecular flexibility index (Phi) is 6.54. The molecule has 5 heteroatoms. The van der Waals surface area contributed by atoms with Gasteiger partial charge in [-0.3, -0.25) is 4.79 Å². The SMILES string of the molecule is CCCN1CC(C(=O)OCC)CC2=C1CCC(OC(=O)c1ccccc1)C2. The van der Waals surface area contributed by atoms with Gasteiger partial charge >= 0.3 is 11.9 Å². The van der Waals surface area contributed by atoms with E-state index in [9.17, 15) is 9.59 Å². The van der Waals surface area contributed by atoms with Gasteiger partial charge in [0.25, 0.3) is 0 Å². The zero-order valence-corrected chi connectivity index (χ0v) is 16.3. The van der Waals surface area contributed by atoms with Gasteiger partial charge in [0, 0.05) is 25.2 Å². The van der Waals surface area contributed by atoms with Gasteiger partial charge in [0.2, 0.25) is 0 Å². The van der Waals surface area contributed by atoms with Crippen molar-refractivity contribution in [1.29, 1.82) is 0 Å². The number of esters is 2. The van der Waals surface area contributed by atoms with Gasteiger partial charge in [-0.15, -0.1) is 0 Å². The third-order valence-corrected chi connectivity index (χ3v) is 5.30. The lowest BCUT2D eigenvalue weighted by atomic mass is 9.83. The molecule has 0 radical (unpaired) electrons. The molecule has 0 fully saturated rings. The average Bonchev–Trinajstić information content (AvgIpc) is 2.68. The Hall–Kier alpha value is -2.30. The maximum Gasteiger partial charge on any atom is 0.338 e. The first-order valence-electron chi connectivity index (χ1n) is 10.0. The van der Waals surface area contributed by atoms with E-state index in [1.54, 1.807) is 12.1 Å². The van der Waals surface area contributed by atoms with Crippen LogP contribution in [0.3, 0.4) is 0 Å². The third kappa shape index (κ3) is 4.71. The molecule has 146 valence electrons. The maximum atomic E-state index is 12.4. The number of carbonyl (C=O) groups is 2. The number of allylic oxidation sites excluding steroid dienone is 1. The van der Waals surface area contributed by atoms with Gasteiger partial charge < -0.3 is 14.4 Å². The van der Waals surface area contributed by atoms with Crippen LogP contribution in [-0.2, 0) is 14.3 Å². The highest BCUT2D eigenvalue weighted by atomic mass is 16.5. The second-order valence-corrected chi connectivity index (χ2v) is 7.29. The number of rotatable bonds is 6. The molecule has 1 heterocycles. The molecule has 0 saturated heterocycles. The summed E-state index contributed by atoms with van der Waals surface area (Å²) in [5.74, 6) is -0.514. The summed E-state index contributed by atoms with van der Waals surface area (Å²) < 4.78 is 11.0. The maximum absolute atomic E-state index is 12.4. The first-order valence-corrected chi connectivity index (χ1v) is 10.0. The molecule has 0 aromatic heterocycles. The highest BCUT2D eigenvalue weighted by Crippen LogP contribution is 2.38. The molecule has 0 saturated carbocycles. The van der Waals surface area contributed by atoms with Crippen LogP contribution in [0.5, 0.6) is 0 Å². The molecule has 0 N–H and O–H groups in total. The lowest BCUT2D eigenvalue weighted by molar-refractivity contribution is -0.149. The predicted octanol–water partition coefficient (Wildman–Crippen LogP) is 3.95. The van der Waals surface area contributed by atoms with Crippen LogP contribution in [0.15, 0.2) is 41.6 Å². The number of hydrogen-bond acceptors (Lipinski definition) is 5.